The molecule has 0 aromatic carbocycles. The maximum atomic E-state index is 12.2. The Kier molecular flexibility index (Phi) is 5.88. The van der Waals surface area contributed by atoms with Gasteiger partial charge < -0.3 is 10.4 Å². The first-order valence-corrected chi connectivity index (χ1v) is 8.49. The van der Waals surface area contributed by atoms with E-state index in [0.717, 1.165) is 29.8 Å². The Morgan fingerprint density at radius 2 is 2.04 bits per heavy atom. The highest BCUT2D eigenvalue weighted by Crippen LogP contribution is 2.24. The summed E-state index contributed by atoms with van der Waals surface area (Å²) in [5.41, 5.74) is 2.66. The van der Waals surface area contributed by atoms with Crippen LogP contribution in [0.25, 0.3) is 5.78 Å². The van der Waals surface area contributed by atoms with Gasteiger partial charge in [0.05, 0.1) is 6.61 Å². The molecule has 0 spiro atoms. The van der Waals surface area contributed by atoms with Crippen LogP contribution in [0.1, 0.15) is 50.1 Å². The Balaban J connectivity index is 1.99. The van der Waals surface area contributed by atoms with Crippen molar-refractivity contribution in [1.82, 2.24) is 24.9 Å². The lowest BCUT2D eigenvalue weighted by atomic mass is 9.83. The molecule has 2 N–H and O–H groups in total. The molecule has 0 saturated carbocycles. The minimum Gasteiger partial charge on any atom is -0.396 e. The van der Waals surface area contributed by atoms with E-state index >= 15 is 0 Å². The van der Waals surface area contributed by atoms with Gasteiger partial charge in [0.25, 0.3) is 5.78 Å². The van der Waals surface area contributed by atoms with Gasteiger partial charge in [-0.15, -0.1) is 0 Å². The van der Waals surface area contributed by atoms with Crippen LogP contribution in [0.15, 0.2) is 6.33 Å². The van der Waals surface area contributed by atoms with Crippen molar-refractivity contribution in [1.29, 1.82) is 0 Å². The SMILES string of the molecule is CCC(CC)(CO)CNC(=O)CCc1c(C)nc2ncnn2c1C. The average molecular weight is 333 g/mol. The lowest BCUT2D eigenvalue weighted by Gasteiger charge is -2.29. The monoisotopic (exact) mass is 333 g/mol. The predicted molar refractivity (Wildman–Crippen MR) is 91.7 cm³/mol. The van der Waals surface area contributed by atoms with Crippen LogP contribution >= 0.6 is 0 Å². The molecule has 0 unspecified atom stereocenters. The highest BCUT2D eigenvalue weighted by atomic mass is 16.3. The van der Waals surface area contributed by atoms with Gasteiger partial charge in [-0.3, -0.25) is 4.79 Å². The summed E-state index contributed by atoms with van der Waals surface area (Å²) in [7, 11) is 0. The van der Waals surface area contributed by atoms with Gasteiger partial charge in [-0.05, 0) is 38.7 Å². The molecule has 2 aromatic rings. The highest BCUT2D eigenvalue weighted by molar-refractivity contribution is 5.76. The van der Waals surface area contributed by atoms with Crippen molar-refractivity contribution < 1.29 is 9.90 Å². The summed E-state index contributed by atoms with van der Waals surface area (Å²) in [6.07, 6.45) is 4.15. The molecule has 0 aliphatic carbocycles. The first-order chi connectivity index (χ1) is 11.5. The lowest BCUT2D eigenvalue weighted by molar-refractivity contribution is -0.121. The minimum atomic E-state index is -0.220. The molecule has 0 bridgehead atoms. The van der Waals surface area contributed by atoms with Crippen LogP contribution in [0, 0.1) is 19.3 Å². The molecule has 0 aliphatic heterocycles. The fourth-order valence-electron chi connectivity index (χ4n) is 2.91. The fourth-order valence-corrected chi connectivity index (χ4v) is 2.91. The molecule has 2 heterocycles. The molecule has 7 heteroatoms. The quantitative estimate of drug-likeness (QED) is 0.765. The van der Waals surface area contributed by atoms with E-state index in [2.05, 4.69) is 20.4 Å². The Bertz CT molecular complexity index is 698. The summed E-state index contributed by atoms with van der Waals surface area (Å²) < 4.78 is 1.70. The molecule has 7 nitrogen and oxygen atoms in total. The number of nitrogens with zero attached hydrogens (tertiary/aromatic N) is 4. The number of nitrogens with one attached hydrogen (secondary N) is 1. The fraction of sp³-hybridized carbons (Fsp3) is 0.647. The topological polar surface area (TPSA) is 92.4 Å². The summed E-state index contributed by atoms with van der Waals surface area (Å²) in [6.45, 7) is 8.57. The van der Waals surface area contributed by atoms with E-state index in [1.165, 1.54) is 6.33 Å². The van der Waals surface area contributed by atoms with Gasteiger partial charge in [0, 0.05) is 29.8 Å². The highest BCUT2D eigenvalue weighted by Gasteiger charge is 2.25. The standard InChI is InChI=1S/C17H27N5O2/c1-5-17(6-2,10-23)9-18-15(24)8-7-14-12(3)21-16-19-11-20-22(16)13(14)4/h11,23H,5-10H2,1-4H3,(H,18,24). The third-order valence-corrected chi connectivity index (χ3v) is 5.09. The number of aliphatic hydroxyl groups is 1. The molecular weight excluding hydrogens is 306 g/mol. The molecule has 0 aliphatic rings. The van der Waals surface area contributed by atoms with E-state index in [0.29, 0.717) is 25.2 Å². The number of carbonyl (C=O) groups is 1. The molecule has 2 aromatic heterocycles. The second kappa shape index (κ2) is 7.70. The second-order valence-electron chi connectivity index (χ2n) is 6.37. The summed E-state index contributed by atoms with van der Waals surface area (Å²) >= 11 is 0. The smallest absolute Gasteiger partial charge is 0.252 e. The molecule has 1 amide bonds. The maximum Gasteiger partial charge on any atom is 0.252 e. The Hall–Kier alpha value is -2.02. The number of aryl methyl sites for hydroxylation is 2. The van der Waals surface area contributed by atoms with Crippen LogP contribution in [0.2, 0.25) is 0 Å². The van der Waals surface area contributed by atoms with E-state index in [4.69, 9.17) is 0 Å². The van der Waals surface area contributed by atoms with E-state index in [-0.39, 0.29) is 17.9 Å². The van der Waals surface area contributed by atoms with Crippen molar-refractivity contribution in [2.24, 2.45) is 5.41 Å². The van der Waals surface area contributed by atoms with Gasteiger partial charge in [0.2, 0.25) is 5.91 Å². The molecular formula is C17H27N5O2. The number of fused-ring (bicyclic) bond motifs is 1. The molecule has 0 radical (unpaired) electrons. The summed E-state index contributed by atoms with van der Waals surface area (Å²) in [5.74, 6) is 0.573. The number of aromatic nitrogens is 4. The van der Waals surface area contributed by atoms with Crippen molar-refractivity contribution >= 4 is 11.7 Å². The number of amides is 1. The first kappa shape index (κ1) is 18.3. The number of rotatable bonds is 8. The van der Waals surface area contributed by atoms with E-state index in [1.54, 1.807) is 4.52 Å². The van der Waals surface area contributed by atoms with Gasteiger partial charge >= 0.3 is 0 Å². The van der Waals surface area contributed by atoms with E-state index < -0.39 is 0 Å². The van der Waals surface area contributed by atoms with Crippen LogP contribution in [0.5, 0.6) is 0 Å². The van der Waals surface area contributed by atoms with Crippen LogP contribution in [-0.2, 0) is 11.2 Å². The summed E-state index contributed by atoms with van der Waals surface area (Å²) in [5, 5.41) is 16.7. The normalized spacial score (nSPS) is 11.9. The minimum absolute atomic E-state index is 0.00721. The second-order valence-corrected chi connectivity index (χ2v) is 6.37. The van der Waals surface area contributed by atoms with Crippen LogP contribution in [-0.4, -0.2) is 43.7 Å². The molecule has 0 fully saturated rings. The zero-order valence-corrected chi connectivity index (χ0v) is 15.0. The van der Waals surface area contributed by atoms with Gasteiger partial charge in [-0.25, -0.2) is 9.50 Å². The average Bonchev–Trinajstić information content (AvgIpc) is 3.05. The van der Waals surface area contributed by atoms with Gasteiger partial charge in [-0.2, -0.15) is 10.1 Å². The number of hydrogen-bond acceptors (Lipinski definition) is 5. The van der Waals surface area contributed by atoms with E-state index in [9.17, 15) is 9.90 Å². The molecule has 24 heavy (non-hydrogen) atoms. The van der Waals surface area contributed by atoms with Crippen molar-refractivity contribution in [2.75, 3.05) is 13.2 Å². The third-order valence-electron chi connectivity index (χ3n) is 5.09. The molecule has 0 saturated heterocycles. The Labute approximate surface area is 142 Å². The van der Waals surface area contributed by atoms with Gasteiger partial charge in [0.1, 0.15) is 6.33 Å². The number of aliphatic hydroxyl groups excluding tert-OH is 1. The molecule has 132 valence electrons. The molecule has 2 rings (SSSR count). The Morgan fingerprint density at radius 3 is 2.67 bits per heavy atom. The van der Waals surface area contributed by atoms with Crippen molar-refractivity contribution in [3.05, 3.63) is 23.3 Å². The van der Waals surface area contributed by atoms with Crippen molar-refractivity contribution in [3.63, 3.8) is 0 Å². The zero-order chi connectivity index (χ0) is 17.7. The predicted octanol–water partition coefficient (Wildman–Crippen LogP) is 1.59. The summed E-state index contributed by atoms with van der Waals surface area (Å²) in [4.78, 5) is 20.7. The van der Waals surface area contributed by atoms with Gasteiger partial charge in [-0.1, -0.05) is 13.8 Å². The first-order valence-electron chi connectivity index (χ1n) is 8.49. The summed E-state index contributed by atoms with van der Waals surface area (Å²) in [6, 6.07) is 0. The zero-order valence-electron chi connectivity index (χ0n) is 15.0. The van der Waals surface area contributed by atoms with Crippen LogP contribution < -0.4 is 5.32 Å². The number of carbonyl (C=O) groups excluding carboxylic acids is 1. The number of hydrogen-bond donors (Lipinski definition) is 2. The van der Waals surface area contributed by atoms with Crippen LogP contribution in [0.3, 0.4) is 0 Å². The van der Waals surface area contributed by atoms with Crippen LogP contribution in [0.4, 0.5) is 0 Å². The van der Waals surface area contributed by atoms with Crippen molar-refractivity contribution in [3.8, 4) is 0 Å². The van der Waals surface area contributed by atoms with Crippen molar-refractivity contribution in [2.45, 2.75) is 53.4 Å². The largest absolute Gasteiger partial charge is 0.396 e. The van der Waals surface area contributed by atoms with E-state index in [1.807, 2.05) is 27.7 Å². The van der Waals surface area contributed by atoms with Gasteiger partial charge in [0.15, 0.2) is 0 Å². The third kappa shape index (κ3) is 3.72. The Morgan fingerprint density at radius 1 is 1.33 bits per heavy atom. The lowest BCUT2D eigenvalue weighted by Crippen LogP contribution is -2.39. The molecule has 0 atom stereocenters. The maximum absolute atomic E-state index is 12.2.